The molecule has 0 aliphatic rings. The van der Waals surface area contributed by atoms with Gasteiger partial charge in [0.05, 0.1) is 11.2 Å². The SMILES string of the molecule is Cc1sc(NC(=O)Cn2nnc3ccccc32)nc1-c1ccc(Cl)cc1. The number of para-hydroxylation sites is 1. The lowest BCUT2D eigenvalue weighted by molar-refractivity contribution is -0.116. The van der Waals surface area contributed by atoms with Gasteiger partial charge in [0.15, 0.2) is 5.13 Å². The molecular formula is C18H14ClN5OS. The summed E-state index contributed by atoms with van der Waals surface area (Å²) in [6, 6.07) is 15.0. The van der Waals surface area contributed by atoms with Crippen LogP contribution in [0.15, 0.2) is 48.5 Å². The number of anilines is 1. The minimum Gasteiger partial charge on any atom is -0.300 e. The monoisotopic (exact) mass is 383 g/mol. The fraction of sp³-hybridized carbons (Fsp3) is 0.111. The van der Waals surface area contributed by atoms with Crippen molar-refractivity contribution in [1.82, 2.24) is 20.0 Å². The van der Waals surface area contributed by atoms with E-state index >= 15 is 0 Å². The zero-order valence-electron chi connectivity index (χ0n) is 13.8. The average molecular weight is 384 g/mol. The number of nitrogens with zero attached hydrogens (tertiary/aromatic N) is 4. The summed E-state index contributed by atoms with van der Waals surface area (Å²) in [6.07, 6.45) is 0. The third kappa shape index (κ3) is 3.31. The van der Waals surface area contributed by atoms with Gasteiger partial charge in [-0.15, -0.1) is 16.4 Å². The number of benzene rings is 2. The summed E-state index contributed by atoms with van der Waals surface area (Å²) >= 11 is 7.37. The van der Waals surface area contributed by atoms with Crippen LogP contribution in [0.1, 0.15) is 4.88 Å². The molecule has 0 aliphatic heterocycles. The molecular weight excluding hydrogens is 370 g/mol. The maximum atomic E-state index is 12.4. The fourth-order valence-electron chi connectivity index (χ4n) is 2.65. The van der Waals surface area contributed by atoms with Crippen molar-refractivity contribution in [3.63, 3.8) is 0 Å². The summed E-state index contributed by atoms with van der Waals surface area (Å²) in [7, 11) is 0. The molecule has 0 spiro atoms. The van der Waals surface area contributed by atoms with Crippen LogP contribution >= 0.6 is 22.9 Å². The van der Waals surface area contributed by atoms with Crippen molar-refractivity contribution in [3.05, 3.63) is 58.4 Å². The van der Waals surface area contributed by atoms with Gasteiger partial charge >= 0.3 is 0 Å². The number of amides is 1. The Hall–Kier alpha value is -2.77. The molecule has 1 amide bonds. The third-order valence-corrected chi connectivity index (χ3v) is 5.01. The van der Waals surface area contributed by atoms with E-state index in [0.717, 1.165) is 27.2 Å². The van der Waals surface area contributed by atoms with Crippen molar-refractivity contribution in [1.29, 1.82) is 0 Å². The van der Waals surface area contributed by atoms with Crippen LogP contribution < -0.4 is 5.32 Å². The molecule has 0 unspecified atom stereocenters. The summed E-state index contributed by atoms with van der Waals surface area (Å²) in [6.45, 7) is 2.05. The number of aromatic nitrogens is 4. The number of hydrogen-bond acceptors (Lipinski definition) is 5. The lowest BCUT2D eigenvalue weighted by atomic mass is 10.1. The van der Waals surface area contributed by atoms with Crippen LogP contribution in [0.25, 0.3) is 22.3 Å². The van der Waals surface area contributed by atoms with Gasteiger partial charge in [-0.1, -0.05) is 41.1 Å². The zero-order chi connectivity index (χ0) is 18.1. The molecule has 4 rings (SSSR count). The largest absolute Gasteiger partial charge is 0.300 e. The van der Waals surface area contributed by atoms with Crippen molar-refractivity contribution in [2.45, 2.75) is 13.5 Å². The van der Waals surface area contributed by atoms with Crippen molar-refractivity contribution < 1.29 is 4.79 Å². The number of nitrogens with one attached hydrogen (secondary N) is 1. The van der Waals surface area contributed by atoms with Gasteiger partial charge in [0.25, 0.3) is 0 Å². The van der Waals surface area contributed by atoms with Crippen molar-refractivity contribution in [3.8, 4) is 11.3 Å². The number of rotatable bonds is 4. The highest BCUT2D eigenvalue weighted by molar-refractivity contribution is 7.16. The van der Waals surface area contributed by atoms with Gasteiger partial charge in [-0.05, 0) is 31.2 Å². The van der Waals surface area contributed by atoms with Crippen LogP contribution in [0.2, 0.25) is 5.02 Å². The maximum Gasteiger partial charge on any atom is 0.247 e. The van der Waals surface area contributed by atoms with E-state index in [1.807, 2.05) is 55.5 Å². The van der Waals surface area contributed by atoms with E-state index in [1.165, 1.54) is 11.3 Å². The second-order valence-corrected chi connectivity index (χ2v) is 7.35. The molecule has 0 radical (unpaired) electrons. The van der Waals surface area contributed by atoms with E-state index in [2.05, 4.69) is 20.6 Å². The lowest BCUT2D eigenvalue weighted by Gasteiger charge is -2.02. The molecule has 1 N–H and O–H groups in total. The maximum absolute atomic E-state index is 12.4. The number of hydrogen-bond donors (Lipinski definition) is 1. The Morgan fingerprint density at radius 3 is 2.77 bits per heavy atom. The number of carbonyl (C=O) groups is 1. The minimum absolute atomic E-state index is 0.0788. The Labute approximate surface area is 158 Å². The first-order chi connectivity index (χ1) is 12.6. The summed E-state index contributed by atoms with van der Waals surface area (Å²) < 4.78 is 1.57. The third-order valence-electron chi connectivity index (χ3n) is 3.87. The topological polar surface area (TPSA) is 72.7 Å². The lowest BCUT2D eigenvalue weighted by Crippen LogP contribution is -2.19. The molecule has 6 nitrogen and oxygen atoms in total. The second-order valence-electron chi connectivity index (χ2n) is 5.71. The van der Waals surface area contributed by atoms with E-state index in [1.54, 1.807) is 4.68 Å². The van der Waals surface area contributed by atoms with Gasteiger partial charge in [0.1, 0.15) is 12.1 Å². The number of carbonyl (C=O) groups excluding carboxylic acids is 1. The molecule has 8 heteroatoms. The van der Waals surface area contributed by atoms with Crippen LogP contribution in [0, 0.1) is 6.92 Å². The fourth-order valence-corrected chi connectivity index (χ4v) is 3.63. The van der Waals surface area contributed by atoms with E-state index in [4.69, 9.17) is 11.6 Å². The smallest absolute Gasteiger partial charge is 0.247 e. The molecule has 4 aromatic rings. The standard InChI is InChI=1S/C18H14ClN5OS/c1-11-17(12-6-8-13(19)9-7-12)21-18(26-11)20-16(25)10-24-15-5-3-2-4-14(15)22-23-24/h2-9H,10H2,1H3,(H,20,21,25). The van der Waals surface area contributed by atoms with Gasteiger partial charge < -0.3 is 5.32 Å². The molecule has 2 aromatic heterocycles. The molecule has 26 heavy (non-hydrogen) atoms. The molecule has 0 bridgehead atoms. The summed E-state index contributed by atoms with van der Waals surface area (Å²) in [5.74, 6) is -0.197. The Balaban J connectivity index is 1.51. The molecule has 2 aromatic carbocycles. The quantitative estimate of drug-likeness (QED) is 0.574. The van der Waals surface area contributed by atoms with Crippen LogP contribution in [-0.2, 0) is 11.3 Å². The van der Waals surface area contributed by atoms with Gasteiger partial charge in [0.2, 0.25) is 5.91 Å². The molecule has 0 saturated carbocycles. The molecule has 130 valence electrons. The number of fused-ring (bicyclic) bond motifs is 1. The molecule has 0 atom stereocenters. The minimum atomic E-state index is -0.197. The van der Waals surface area contributed by atoms with Gasteiger partial charge in [-0.25, -0.2) is 9.67 Å². The van der Waals surface area contributed by atoms with E-state index in [9.17, 15) is 4.79 Å². The van der Waals surface area contributed by atoms with Crippen LogP contribution in [0.4, 0.5) is 5.13 Å². The Bertz CT molecular complexity index is 1090. The first-order valence-electron chi connectivity index (χ1n) is 7.91. The molecule has 0 saturated heterocycles. The van der Waals surface area contributed by atoms with Gasteiger partial charge in [0, 0.05) is 15.5 Å². The normalized spacial score (nSPS) is 11.0. The zero-order valence-corrected chi connectivity index (χ0v) is 15.4. The summed E-state index contributed by atoms with van der Waals surface area (Å²) in [5.41, 5.74) is 3.38. The Morgan fingerprint density at radius 2 is 1.96 bits per heavy atom. The molecule has 0 aliphatic carbocycles. The highest BCUT2D eigenvalue weighted by atomic mass is 35.5. The highest BCUT2D eigenvalue weighted by Gasteiger charge is 2.14. The number of halogens is 1. The number of aryl methyl sites for hydroxylation is 1. The van der Waals surface area contributed by atoms with Gasteiger partial charge in [-0.2, -0.15) is 0 Å². The predicted octanol–water partition coefficient (Wildman–Crippen LogP) is 4.16. The highest BCUT2D eigenvalue weighted by Crippen LogP contribution is 2.31. The summed E-state index contributed by atoms with van der Waals surface area (Å²) in [5, 5.41) is 12.2. The second kappa shape index (κ2) is 6.86. The van der Waals surface area contributed by atoms with Crippen molar-refractivity contribution >= 4 is 45.0 Å². The van der Waals surface area contributed by atoms with E-state index in [-0.39, 0.29) is 12.5 Å². The van der Waals surface area contributed by atoms with Crippen molar-refractivity contribution in [2.24, 2.45) is 0 Å². The molecule has 2 heterocycles. The van der Waals surface area contributed by atoms with Crippen LogP contribution in [-0.4, -0.2) is 25.9 Å². The summed E-state index contributed by atoms with van der Waals surface area (Å²) in [4.78, 5) is 17.9. The van der Waals surface area contributed by atoms with Gasteiger partial charge in [-0.3, -0.25) is 4.79 Å². The first-order valence-corrected chi connectivity index (χ1v) is 9.11. The Kier molecular flexibility index (Phi) is 4.40. The van der Waals surface area contributed by atoms with Crippen LogP contribution in [0.5, 0.6) is 0 Å². The predicted molar refractivity (Wildman–Crippen MR) is 103 cm³/mol. The molecule has 0 fully saturated rings. The van der Waals surface area contributed by atoms with Crippen molar-refractivity contribution in [2.75, 3.05) is 5.32 Å². The van der Waals surface area contributed by atoms with Crippen LogP contribution in [0.3, 0.4) is 0 Å². The Morgan fingerprint density at radius 1 is 1.19 bits per heavy atom. The number of thiazole rings is 1. The van der Waals surface area contributed by atoms with E-state index < -0.39 is 0 Å². The average Bonchev–Trinajstić information content (AvgIpc) is 3.19. The first kappa shape index (κ1) is 16.7. The van der Waals surface area contributed by atoms with E-state index in [0.29, 0.717) is 10.2 Å².